The number of nitrogens with zero attached hydrogens (tertiary/aromatic N) is 3. The number of ether oxygens (including phenoxy) is 1. The van der Waals surface area contributed by atoms with Crippen LogP contribution in [0.3, 0.4) is 0 Å². The molecule has 0 saturated heterocycles. The van der Waals surface area contributed by atoms with Crippen molar-refractivity contribution in [3.8, 4) is 0 Å². The van der Waals surface area contributed by atoms with E-state index in [1.54, 1.807) is 18.5 Å². The van der Waals surface area contributed by atoms with Crippen molar-refractivity contribution >= 4 is 24.1 Å². The molecule has 0 amide bonds. The maximum atomic E-state index is 11.4. The van der Waals surface area contributed by atoms with Crippen molar-refractivity contribution in [3.05, 3.63) is 77.4 Å². The molecule has 0 aliphatic rings. The lowest BCUT2D eigenvalue weighted by molar-refractivity contribution is -0.134. The van der Waals surface area contributed by atoms with Crippen LogP contribution in [0.5, 0.6) is 0 Å². The first-order valence-electron chi connectivity index (χ1n) is 8.81. The third-order valence-corrected chi connectivity index (χ3v) is 4.11. The molecule has 0 radical (unpaired) electrons. The maximum Gasteiger partial charge on any atom is 0.330 e. The van der Waals surface area contributed by atoms with Crippen molar-refractivity contribution < 1.29 is 9.53 Å². The predicted molar refractivity (Wildman–Crippen MR) is 114 cm³/mol. The van der Waals surface area contributed by atoms with Crippen LogP contribution in [0, 0.1) is 0 Å². The van der Waals surface area contributed by atoms with Crippen LogP contribution >= 0.6 is 0 Å². The Bertz CT molecular complexity index is 844. The molecule has 4 N–H and O–H groups in total. The maximum absolute atomic E-state index is 11.4. The van der Waals surface area contributed by atoms with Gasteiger partial charge in [0.1, 0.15) is 0 Å². The van der Waals surface area contributed by atoms with Gasteiger partial charge in [-0.1, -0.05) is 42.5 Å². The summed E-state index contributed by atoms with van der Waals surface area (Å²) in [5.41, 5.74) is 4.07. The van der Waals surface area contributed by atoms with Crippen LogP contribution in [-0.2, 0) is 16.0 Å². The molecular weight excluding hydrogens is 354 g/mol. The van der Waals surface area contributed by atoms with E-state index in [1.807, 2.05) is 36.4 Å². The molecular formula is C21H25N5O2. The Balaban J connectivity index is 2.14. The van der Waals surface area contributed by atoms with Crippen molar-refractivity contribution in [2.45, 2.75) is 6.42 Å². The number of esters is 1. The van der Waals surface area contributed by atoms with Gasteiger partial charge in [-0.3, -0.25) is 0 Å². The van der Waals surface area contributed by atoms with Gasteiger partial charge in [-0.25, -0.2) is 4.79 Å². The van der Waals surface area contributed by atoms with E-state index < -0.39 is 0 Å². The van der Waals surface area contributed by atoms with Crippen LogP contribution in [0.15, 0.2) is 70.9 Å². The van der Waals surface area contributed by atoms with Crippen molar-refractivity contribution in [3.63, 3.8) is 0 Å². The molecule has 2 rings (SSSR count). The highest BCUT2D eigenvalue weighted by atomic mass is 16.5. The zero-order chi connectivity index (χ0) is 20.2. The van der Waals surface area contributed by atoms with Gasteiger partial charge in [-0.05, 0) is 35.2 Å². The molecule has 0 atom stereocenters. The number of carbonyl (C=O) groups is 1. The lowest BCUT2D eigenvalue weighted by Crippen LogP contribution is -2.26. The monoisotopic (exact) mass is 379 g/mol. The smallest absolute Gasteiger partial charge is 0.330 e. The Morgan fingerprint density at radius 1 is 1.07 bits per heavy atom. The Labute approximate surface area is 165 Å². The van der Waals surface area contributed by atoms with Crippen molar-refractivity contribution in [1.29, 1.82) is 0 Å². The lowest BCUT2D eigenvalue weighted by Gasteiger charge is -2.24. The SMILES string of the molecule is COC(=O)C=CCN(CCc1ccc(C=NN)cc1)c1cccc(C=NN)c1. The number of hydrazone groups is 2. The zero-order valence-corrected chi connectivity index (χ0v) is 15.9. The number of methoxy groups -OCH3 is 1. The number of hydrogen-bond acceptors (Lipinski definition) is 7. The third-order valence-electron chi connectivity index (χ3n) is 4.11. The molecule has 28 heavy (non-hydrogen) atoms. The Hall–Kier alpha value is -3.61. The largest absolute Gasteiger partial charge is 0.466 e. The van der Waals surface area contributed by atoms with Crippen molar-refractivity contribution in [2.75, 3.05) is 25.1 Å². The fourth-order valence-electron chi connectivity index (χ4n) is 2.68. The molecule has 0 aliphatic carbocycles. The van der Waals surface area contributed by atoms with E-state index in [4.69, 9.17) is 11.7 Å². The van der Waals surface area contributed by atoms with Gasteiger partial charge < -0.3 is 21.3 Å². The Kier molecular flexibility index (Phi) is 8.26. The minimum Gasteiger partial charge on any atom is -0.466 e. The number of hydrogen-bond donors (Lipinski definition) is 2. The van der Waals surface area contributed by atoms with E-state index in [2.05, 4.69) is 32.0 Å². The average Bonchev–Trinajstić information content (AvgIpc) is 2.72. The summed E-state index contributed by atoms with van der Waals surface area (Å²) in [6, 6.07) is 16.0. The molecule has 0 unspecified atom stereocenters. The Morgan fingerprint density at radius 3 is 2.46 bits per heavy atom. The second-order valence-corrected chi connectivity index (χ2v) is 6.01. The minimum atomic E-state index is -0.374. The highest BCUT2D eigenvalue weighted by molar-refractivity contribution is 5.82. The summed E-state index contributed by atoms with van der Waals surface area (Å²) in [5, 5.41) is 7.11. The summed E-state index contributed by atoms with van der Waals surface area (Å²) < 4.78 is 4.65. The predicted octanol–water partition coefficient (Wildman–Crippen LogP) is 2.05. The first-order valence-corrected chi connectivity index (χ1v) is 8.81. The average molecular weight is 379 g/mol. The summed E-state index contributed by atoms with van der Waals surface area (Å²) in [5.74, 6) is 10.1. The first-order chi connectivity index (χ1) is 13.7. The van der Waals surface area contributed by atoms with Crippen LogP contribution in [0.1, 0.15) is 16.7 Å². The van der Waals surface area contributed by atoms with E-state index in [9.17, 15) is 4.79 Å². The molecule has 7 nitrogen and oxygen atoms in total. The second-order valence-electron chi connectivity index (χ2n) is 6.01. The van der Waals surface area contributed by atoms with Gasteiger partial charge in [0.2, 0.25) is 0 Å². The van der Waals surface area contributed by atoms with Crippen molar-refractivity contribution in [2.24, 2.45) is 21.9 Å². The van der Waals surface area contributed by atoms with E-state index in [1.165, 1.54) is 18.7 Å². The lowest BCUT2D eigenvalue weighted by atomic mass is 10.1. The Morgan fingerprint density at radius 2 is 1.79 bits per heavy atom. The molecule has 2 aromatic carbocycles. The van der Waals surface area contributed by atoms with Gasteiger partial charge in [0.15, 0.2) is 0 Å². The molecule has 2 aromatic rings. The van der Waals surface area contributed by atoms with Gasteiger partial charge >= 0.3 is 5.97 Å². The van der Waals surface area contributed by atoms with E-state index >= 15 is 0 Å². The molecule has 0 saturated carbocycles. The van der Waals surface area contributed by atoms with Gasteiger partial charge in [0.25, 0.3) is 0 Å². The zero-order valence-electron chi connectivity index (χ0n) is 15.9. The molecule has 0 bridgehead atoms. The summed E-state index contributed by atoms with van der Waals surface area (Å²) in [6.07, 6.45) is 7.26. The highest BCUT2D eigenvalue weighted by Crippen LogP contribution is 2.17. The fraction of sp³-hybridized carbons (Fsp3) is 0.190. The highest BCUT2D eigenvalue weighted by Gasteiger charge is 2.07. The number of anilines is 1. The van der Waals surface area contributed by atoms with E-state index in [-0.39, 0.29) is 5.97 Å². The fourth-order valence-corrected chi connectivity index (χ4v) is 2.68. The molecule has 0 fully saturated rings. The molecule has 0 spiro atoms. The molecule has 0 aliphatic heterocycles. The standard InChI is InChI=1S/C21H25N5O2/c1-28-21(27)6-3-12-26(20-5-2-4-19(14-20)16-25-23)13-11-17-7-9-18(10-8-17)15-24-22/h2-10,14-16H,11-13,22-23H2,1H3. The number of rotatable bonds is 9. The van der Waals surface area contributed by atoms with Gasteiger partial charge in [-0.15, -0.1) is 0 Å². The number of nitrogens with two attached hydrogens (primary N) is 2. The van der Waals surface area contributed by atoms with Crippen LogP contribution < -0.4 is 16.6 Å². The van der Waals surface area contributed by atoms with Crippen LogP contribution in [-0.4, -0.2) is 38.6 Å². The quantitative estimate of drug-likeness (QED) is 0.228. The van der Waals surface area contributed by atoms with E-state index in [0.29, 0.717) is 6.54 Å². The molecule has 146 valence electrons. The minimum absolute atomic E-state index is 0.374. The second kappa shape index (κ2) is 11.2. The normalized spacial score (nSPS) is 11.5. The molecule has 7 heteroatoms. The van der Waals surface area contributed by atoms with Crippen LogP contribution in [0.25, 0.3) is 0 Å². The summed E-state index contributed by atoms with van der Waals surface area (Å²) in [6.45, 7) is 1.33. The van der Waals surface area contributed by atoms with Crippen molar-refractivity contribution in [1.82, 2.24) is 0 Å². The number of carbonyl (C=O) groups excluding carboxylic acids is 1. The molecule has 0 aromatic heterocycles. The summed E-state index contributed by atoms with van der Waals surface area (Å²) in [7, 11) is 1.36. The first kappa shape index (κ1) is 20.7. The van der Waals surface area contributed by atoms with E-state index in [0.717, 1.165) is 29.8 Å². The topological polar surface area (TPSA) is 106 Å². The number of benzene rings is 2. The summed E-state index contributed by atoms with van der Waals surface area (Å²) in [4.78, 5) is 13.5. The molecule has 0 heterocycles. The van der Waals surface area contributed by atoms with Crippen LogP contribution in [0.4, 0.5) is 5.69 Å². The van der Waals surface area contributed by atoms with Gasteiger partial charge in [0, 0.05) is 24.9 Å². The summed E-state index contributed by atoms with van der Waals surface area (Å²) >= 11 is 0. The van der Waals surface area contributed by atoms with Crippen LogP contribution in [0.2, 0.25) is 0 Å². The van der Waals surface area contributed by atoms with Gasteiger partial charge in [0.05, 0.1) is 19.5 Å². The van der Waals surface area contributed by atoms with Gasteiger partial charge in [-0.2, -0.15) is 10.2 Å². The third kappa shape index (κ3) is 6.60.